The summed E-state index contributed by atoms with van der Waals surface area (Å²) in [7, 11) is 1.99. The molecule has 1 fully saturated rings. The third-order valence-electron chi connectivity index (χ3n) is 5.56. The topological polar surface area (TPSA) is 54.3 Å². The fourth-order valence-electron chi connectivity index (χ4n) is 3.83. The van der Waals surface area contributed by atoms with Crippen LogP contribution in [0.15, 0.2) is 36.5 Å². The number of amides is 1. The molecule has 3 heterocycles. The van der Waals surface area contributed by atoms with E-state index in [0.717, 1.165) is 49.3 Å². The van der Waals surface area contributed by atoms with Crippen LogP contribution >= 0.6 is 0 Å². The second-order valence-electron chi connectivity index (χ2n) is 7.22. The molecule has 2 aromatic heterocycles. The van der Waals surface area contributed by atoms with Crippen molar-refractivity contribution in [1.82, 2.24) is 24.6 Å². The summed E-state index contributed by atoms with van der Waals surface area (Å²) in [6.07, 6.45) is 1.75. The zero-order valence-electron chi connectivity index (χ0n) is 16.1. The van der Waals surface area contributed by atoms with E-state index in [1.165, 1.54) is 11.3 Å². The molecule has 3 aromatic rings. The predicted molar refractivity (Wildman–Crippen MR) is 106 cm³/mol. The first-order chi connectivity index (χ1) is 13.0. The molecule has 140 valence electrons. The number of hydrogen-bond donors (Lipinski definition) is 0. The average Bonchev–Trinajstić information content (AvgIpc) is 2.93. The van der Waals surface area contributed by atoms with Crippen molar-refractivity contribution in [3.8, 4) is 0 Å². The number of rotatable bonds is 3. The lowest BCUT2D eigenvalue weighted by Gasteiger charge is -2.35. The lowest BCUT2D eigenvalue weighted by atomic mass is 10.1. The average molecular weight is 363 g/mol. The number of benzene rings is 1. The van der Waals surface area contributed by atoms with Crippen molar-refractivity contribution in [3.05, 3.63) is 59.0 Å². The molecular formula is C21H25N5O. The minimum atomic E-state index is 0.0766. The number of aromatic nitrogens is 3. The van der Waals surface area contributed by atoms with Crippen molar-refractivity contribution in [1.29, 1.82) is 0 Å². The van der Waals surface area contributed by atoms with Crippen LogP contribution in [0.4, 0.5) is 0 Å². The van der Waals surface area contributed by atoms with Crippen LogP contribution in [0.5, 0.6) is 0 Å². The standard InChI is InChI=1S/C21H25N5O/c1-15-19(16(2)24(3)23-15)14-25-10-12-26(13-11-25)21(27)18-8-4-6-17-7-5-9-22-20(17)18/h4-9H,10-14H2,1-3H3. The number of carbonyl (C=O) groups excluding carboxylic acids is 1. The lowest BCUT2D eigenvalue weighted by molar-refractivity contribution is 0.0629. The van der Waals surface area contributed by atoms with Crippen LogP contribution < -0.4 is 0 Å². The van der Waals surface area contributed by atoms with Gasteiger partial charge in [0.1, 0.15) is 0 Å². The number of nitrogens with zero attached hydrogens (tertiary/aromatic N) is 5. The molecule has 0 unspecified atom stereocenters. The summed E-state index contributed by atoms with van der Waals surface area (Å²) >= 11 is 0. The zero-order valence-corrected chi connectivity index (χ0v) is 16.1. The molecule has 0 atom stereocenters. The normalized spacial score (nSPS) is 15.4. The summed E-state index contributed by atoms with van der Waals surface area (Å²) in [4.78, 5) is 21.8. The van der Waals surface area contributed by atoms with Crippen molar-refractivity contribution in [2.45, 2.75) is 20.4 Å². The summed E-state index contributed by atoms with van der Waals surface area (Å²) in [6.45, 7) is 8.29. The number of fused-ring (bicyclic) bond motifs is 1. The molecule has 0 saturated carbocycles. The van der Waals surface area contributed by atoms with E-state index in [4.69, 9.17) is 0 Å². The van der Waals surface area contributed by atoms with Crippen LogP contribution in [0.2, 0.25) is 0 Å². The Hall–Kier alpha value is -2.73. The van der Waals surface area contributed by atoms with Crippen molar-refractivity contribution in [2.24, 2.45) is 7.05 Å². The number of carbonyl (C=O) groups is 1. The molecule has 0 spiro atoms. The largest absolute Gasteiger partial charge is 0.336 e. The van der Waals surface area contributed by atoms with Gasteiger partial charge in [-0.05, 0) is 26.0 Å². The van der Waals surface area contributed by atoms with Crippen molar-refractivity contribution >= 4 is 16.8 Å². The van der Waals surface area contributed by atoms with E-state index >= 15 is 0 Å². The molecule has 4 rings (SSSR count). The van der Waals surface area contributed by atoms with Gasteiger partial charge >= 0.3 is 0 Å². The van der Waals surface area contributed by atoms with Crippen LogP contribution in [0, 0.1) is 13.8 Å². The van der Waals surface area contributed by atoms with Gasteiger partial charge in [-0.2, -0.15) is 5.10 Å². The van der Waals surface area contributed by atoms with Gasteiger partial charge in [-0.1, -0.05) is 18.2 Å². The van der Waals surface area contributed by atoms with Gasteiger partial charge in [0, 0.05) is 62.6 Å². The first-order valence-corrected chi connectivity index (χ1v) is 9.39. The first kappa shape index (κ1) is 17.7. The highest BCUT2D eigenvalue weighted by molar-refractivity contribution is 6.05. The maximum Gasteiger partial charge on any atom is 0.256 e. The Morgan fingerprint density at radius 3 is 2.52 bits per heavy atom. The van der Waals surface area contributed by atoms with Gasteiger partial charge in [-0.3, -0.25) is 19.4 Å². The Morgan fingerprint density at radius 1 is 1.07 bits per heavy atom. The number of hydrogen-bond acceptors (Lipinski definition) is 4. The number of piperazine rings is 1. The SMILES string of the molecule is Cc1nn(C)c(C)c1CN1CCN(C(=O)c2cccc3cccnc23)CC1. The third-order valence-corrected chi connectivity index (χ3v) is 5.56. The van der Waals surface area contributed by atoms with Gasteiger partial charge in [-0.15, -0.1) is 0 Å². The Balaban J connectivity index is 1.45. The number of pyridine rings is 1. The maximum atomic E-state index is 13.0. The monoisotopic (exact) mass is 363 g/mol. The minimum absolute atomic E-state index is 0.0766. The van der Waals surface area contributed by atoms with E-state index < -0.39 is 0 Å². The molecule has 1 aromatic carbocycles. The predicted octanol–water partition coefficient (Wildman–Crippen LogP) is 2.54. The summed E-state index contributed by atoms with van der Waals surface area (Å²) < 4.78 is 1.94. The third kappa shape index (κ3) is 3.32. The molecule has 1 amide bonds. The lowest BCUT2D eigenvalue weighted by Crippen LogP contribution is -2.48. The first-order valence-electron chi connectivity index (χ1n) is 9.39. The van der Waals surface area contributed by atoms with Crippen LogP contribution in [0.1, 0.15) is 27.3 Å². The fraction of sp³-hybridized carbons (Fsp3) is 0.381. The number of aryl methyl sites for hydroxylation is 2. The van der Waals surface area contributed by atoms with Crippen molar-refractivity contribution in [3.63, 3.8) is 0 Å². The molecule has 27 heavy (non-hydrogen) atoms. The van der Waals surface area contributed by atoms with Gasteiger partial charge in [0.25, 0.3) is 5.91 Å². The molecule has 0 bridgehead atoms. The van der Waals surface area contributed by atoms with E-state index in [1.807, 2.05) is 47.0 Å². The van der Waals surface area contributed by atoms with Gasteiger partial charge < -0.3 is 4.90 Å². The van der Waals surface area contributed by atoms with Crippen LogP contribution in [-0.2, 0) is 13.6 Å². The van der Waals surface area contributed by atoms with E-state index in [-0.39, 0.29) is 5.91 Å². The highest BCUT2D eigenvalue weighted by Gasteiger charge is 2.24. The van der Waals surface area contributed by atoms with Crippen LogP contribution in [0.25, 0.3) is 10.9 Å². The van der Waals surface area contributed by atoms with Gasteiger partial charge in [0.2, 0.25) is 0 Å². The quantitative estimate of drug-likeness (QED) is 0.718. The van der Waals surface area contributed by atoms with Gasteiger partial charge in [0.05, 0.1) is 16.8 Å². The van der Waals surface area contributed by atoms with E-state index in [2.05, 4.69) is 28.8 Å². The molecule has 1 aliphatic heterocycles. The van der Waals surface area contributed by atoms with Gasteiger partial charge in [0.15, 0.2) is 0 Å². The highest BCUT2D eigenvalue weighted by Crippen LogP contribution is 2.20. The molecule has 1 saturated heterocycles. The molecule has 0 aliphatic carbocycles. The molecule has 6 nitrogen and oxygen atoms in total. The van der Waals surface area contributed by atoms with Gasteiger partial charge in [-0.25, -0.2) is 0 Å². The Labute approximate surface area is 159 Å². The smallest absolute Gasteiger partial charge is 0.256 e. The minimum Gasteiger partial charge on any atom is -0.336 e. The van der Waals surface area contributed by atoms with Crippen LogP contribution in [-0.4, -0.2) is 56.7 Å². The Kier molecular flexibility index (Phi) is 4.66. The molecular weight excluding hydrogens is 338 g/mol. The molecule has 0 radical (unpaired) electrons. The highest BCUT2D eigenvalue weighted by atomic mass is 16.2. The summed E-state index contributed by atoms with van der Waals surface area (Å²) in [5.41, 5.74) is 5.09. The maximum absolute atomic E-state index is 13.0. The summed E-state index contributed by atoms with van der Waals surface area (Å²) in [6, 6.07) is 9.71. The molecule has 6 heteroatoms. The van der Waals surface area contributed by atoms with E-state index in [0.29, 0.717) is 5.56 Å². The molecule has 1 aliphatic rings. The van der Waals surface area contributed by atoms with Crippen LogP contribution in [0.3, 0.4) is 0 Å². The Morgan fingerprint density at radius 2 is 1.81 bits per heavy atom. The Bertz CT molecular complexity index is 980. The second-order valence-corrected chi connectivity index (χ2v) is 7.22. The summed E-state index contributed by atoms with van der Waals surface area (Å²) in [5, 5.41) is 5.51. The van der Waals surface area contributed by atoms with Crippen molar-refractivity contribution in [2.75, 3.05) is 26.2 Å². The number of para-hydroxylation sites is 1. The fourth-order valence-corrected chi connectivity index (χ4v) is 3.83. The van der Waals surface area contributed by atoms with E-state index in [9.17, 15) is 4.79 Å². The second kappa shape index (κ2) is 7.12. The zero-order chi connectivity index (χ0) is 19.0. The van der Waals surface area contributed by atoms with Crippen molar-refractivity contribution < 1.29 is 4.79 Å². The summed E-state index contributed by atoms with van der Waals surface area (Å²) in [5.74, 6) is 0.0766. The molecule has 0 N–H and O–H groups in total. The van der Waals surface area contributed by atoms with E-state index in [1.54, 1.807) is 6.20 Å².